The lowest BCUT2D eigenvalue weighted by molar-refractivity contribution is -0.139. The minimum Gasteiger partial charge on any atom is -0.478 e. The van der Waals surface area contributed by atoms with Crippen molar-refractivity contribution in [2.45, 2.75) is 12.7 Å². The van der Waals surface area contributed by atoms with Gasteiger partial charge in [0.1, 0.15) is 12.4 Å². The van der Waals surface area contributed by atoms with Crippen molar-refractivity contribution in [1.82, 2.24) is 4.57 Å². The lowest BCUT2D eigenvalue weighted by atomic mass is 10.0. The van der Waals surface area contributed by atoms with Crippen LogP contribution >= 0.6 is 0 Å². The number of carboxylic acid groups (broad SMARTS) is 1. The van der Waals surface area contributed by atoms with Crippen LogP contribution in [0.25, 0.3) is 22.0 Å². The summed E-state index contributed by atoms with van der Waals surface area (Å²) < 4.78 is 52.9. The first-order valence-corrected chi connectivity index (χ1v) is 6.94. The van der Waals surface area contributed by atoms with E-state index in [2.05, 4.69) is 0 Å². The molecule has 0 bridgehead atoms. The highest BCUT2D eigenvalue weighted by molar-refractivity contribution is 6.04. The Morgan fingerprint density at radius 3 is 2.46 bits per heavy atom. The highest BCUT2D eigenvalue weighted by atomic mass is 19.4. The molecule has 0 aliphatic carbocycles. The van der Waals surface area contributed by atoms with Gasteiger partial charge in [-0.1, -0.05) is 30.3 Å². The first-order chi connectivity index (χ1) is 11.3. The van der Waals surface area contributed by atoms with Crippen LogP contribution in [0.4, 0.5) is 17.6 Å². The summed E-state index contributed by atoms with van der Waals surface area (Å²) in [4.78, 5) is 11.2. The predicted octanol–water partition coefficient (Wildman–Crippen LogP) is 4.71. The minimum atomic E-state index is -4.50. The molecule has 24 heavy (non-hydrogen) atoms. The third-order valence-corrected chi connectivity index (χ3v) is 3.65. The Kier molecular flexibility index (Phi) is 3.79. The molecule has 0 unspecified atom stereocenters. The Hall–Kier alpha value is -2.83. The molecule has 7 heteroatoms. The quantitative estimate of drug-likeness (QED) is 0.704. The molecule has 1 N–H and O–H groups in total. The molecule has 0 aliphatic rings. The van der Waals surface area contributed by atoms with E-state index in [1.54, 1.807) is 6.07 Å². The molecule has 0 fully saturated rings. The maximum Gasteiger partial charge on any atom is 0.406 e. The van der Waals surface area contributed by atoms with Gasteiger partial charge in [-0.15, -0.1) is 0 Å². The molecule has 0 atom stereocenters. The zero-order valence-corrected chi connectivity index (χ0v) is 12.1. The molecule has 3 nitrogen and oxygen atoms in total. The molecule has 3 aromatic rings. The number of hydrogen-bond acceptors (Lipinski definition) is 1. The summed E-state index contributed by atoms with van der Waals surface area (Å²) in [5, 5.41) is 9.34. The van der Waals surface area contributed by atoms with Gasteiger partial charge in [0, 0.05) is 22.7 Å². The van der Waals surface area contributed by atoms with Gasteiger partial charge >= 0.3 is 12.1 Å². The van der Waals surface area contributed by atoms with Gasteiger partial charge < -0.3 is 9.67 Å². The summed E-state index contributed by atoms with van der Waals surface area (Å²) in [6.07, 6.45) is -3.55. The van der Waals surface area contributed by atoms with Crippen molar-refractivity contribution in [1.29, 1.82) is 0 Å². The minimum absolute atomic E-state index is 0.0884. The van der Waals surface area contributed by atoms with Crippen LogP contribution in [-0.2, 0) is 6.54 Å². The summed E-state index contributed by atoms with van der Waals surface area (Å²) in [6, 6.07) is 10.1. The van der Waals surface area contributed by atoms with Crippen molar-refractivity contribution >= 4 is 16.9 Å². The Bertz CT molecular complexity index is 928. The highest BCUT2D eigenvalue weighted by Crippen LogP contribution is 2.31. The topological polar surface area (TPSA) is 42.2 Å². The summed E-state index contributed by atoms with van der Waals surface area (Å²) in [6.45, 7) is -1.32. The molecule has 0 aliphatic heterocycles. The number of carbonyl (C=O) groups is 1. The Morgan fingerprint density at radius 2 is 1.83 bits per heavy atom. The number of benzene rings is 2. The third kappa shape index (κ3) is 2.97. The van der Waals surface area contributed by atoms with E-state index >= 15 is 0 Å². The lowest BCUT2D eigenvalue weighted by Crippen LogP contribution is -2.16. The van der Waals surface area contributed by atoms with E-state index in [9.17, 15) is 27.5 Å². The van der Waals surface area contributed by atoms with Gasteiger partial charge in [0.05, 0.1) is 5.56 Å². The number of rotatable bonds is 3. The molecule has 0 radical (unpaired) electrons. The van der Waals surface area contributed by atoms with Gasteiger partial charge in [-0.3, -0.25) is 0 Å². The number of nitrogens with zero attached hydrogens (tertiary/aromatic N) is 1. The first-order valence-electron chi connectivity index (χ1n) is 6.94. The Labute approximate surface area is 133 Å². The van der Waals surface area contributed by atoms with Crippen molar-refractivity contribution < 1.29 is 27.5 Å². The van der Waals surface area contributed by atoms with Crippen LogP contribution in [0.3, 0.4) is 0 Å². The molecule has 0 saturated carbocycles. The standard InChI is InChI=1S/C17H11F4NO2/c18-14-4-2-1-3-11(14)10-5-6-12-13(16(23)24)8-22(15(12)7-10)9-17(19,20)21/h1-8H,9H2,(H,23,24). The number of fused-ring (bicyclic) bond motifs is 1. The fourth-order valence-electron chi connectivity index (χ4n) is 2.65. The molecule has 0 saturated heterocycles. The van der Waals surface area contributed by atoms with Crippen molar-refractivity contribution in [2.24, 2.45) is 0 Å². The molecule has 1 aromatic heterocycles. The monoisotopic (exact) mass is 337 g/mol. The maximum atomic E-state index is 13.9. The number of carboxylic acids is 1. The Morgan fingerprint density at radius 1 is 1.12 bits per heavy atom. The van der Waals surface area contributed by atoms with E-state index in [-0.39, 0.29) is 22.0 Å². The second kappa shape index (κ2) is 5.67. The summed E-state index contributed by atoms with van der Waals surface area (Å²) in [5.41, 5.74) is 0.468. The molecular formula is C17H11F4NO2. The van der Waals surface area contributed by atoms with Crippen molar-refractivity contribution in [3.05, 3.63) is 60.0 Å². The van der Waals surface area contributed by atoms with Gasteiger partial charge in [0.2, 0.25) is 0 Å². The number of halogens is 4. The van der Waals surface area contributed by atoms with Gasteiger partial charge in [-0.05, 0) is 17.7 Å². The van der Waals surface area contributed by atoms with Crippen molar-refractivity contribution in [3.63, 3.8) is 0 Å². The SMILES string of the molecule is O=C(O)c1cn(CC(F)(F)F)c2cc(-c3ccccc3F)ccc12. The molecule has 3 rings (SSSR count). The van der Waals surface area contributed by atoms with E-state index in [1.165, 1.54) is 36.4 Å². The van der Waals surface area contributed by atoms with Crippen LogP contribution in [0.5, 0.6) is 0 Å². The molecule has 0 spiro atoms. The van der Waals surface area contributed by atoms with Crippen LogP contribution in [0, 0.1) is 5.82 Å². The maximum absolute atomic E-state index is 13.9. The summed E-state index contributed by atoms with van der Waals surface area (Å²) in [7, 11) is 0. The molecule has 2 aromatic carbocycles. The fraction of sp³-hybridized carbons (Fsp3) is 0.118. The Balaban J connectivity index is 2.22. The van der Waals surface area contributed by atoms with Crippen LogP contribution in [0.2, 0.25) is 0 Å². The average Bonchev–Trinajstić information content (AvgIpc) is 2.84. The van der Waals surface area contributed by atoms with Gasteiger partial charge in [0.25, 0.3) is 0 Å². The predicted molar refractivity (Wildman–Crippen MR) is 80.3 cm³/mol. The number of aromatic carboxylic acids is 1. The summed E-state index contributed by atoms with van der Waals surface area (Å²) in [5.74, 6) is -1.83. The largest absolute Gasteiger partial charge is 0.478 e. The molecule has 1 heterocycles. The van der Waals surface area contributed by atoms with Gasteiger partial charge in [-0.2, -0.15) is 13.2 Å². The smallest absolute Gasteiger partial charge is 0.406 e. The van der Waals surface area contributed by atoms with Crippen LogP contribution in [0.15, 0.2) is 48.7 Å². The second-order valence-corrected chi connectivity index (χ2v) is 5.30. The number of aromatic nitrogens is 1. The molecule has 124 valence electrons. The normalized spacial score (nSPS) is 11.8. The summed E-state index contributed by atoms with van der Waals surface area (Å²) >= 11 is 0. The van der Waals surface area contributed by atoms with Gasteiger partial charge in [-0.25, -0.2) is 9.18 Å². The molecular weight excluding hydrogens is 326 g/mol. The van der Waals surface area contributed by atoms with Crippen LogP contribution in [-0.4, -0.2) is 21.8 Å². The van der Waals surface area contributed by atoms with Crippen LogP contribution in [0.1, 0.15) is 10.4 Å². The molecule has 0 amide bonds. The highest BCUT2D eigenvalue weighted by Gasteiger charge is 2.29. The lowest BCUT2D eigenvalue weighted by Gasteiger charge is -2.10. The van der Waals surface area contributed by atoms with Crippen LogP contribution < -0.4 is 0 Å². The van der Waals surface area contributed by atoms with Crippen molar-refractivity contribution in [2.75, 3.05) is 0 Å². The van der Waals surface area contributed by atoms with E-state index in [4.69, 9.17) is 0 Å². The number of alkyl halides is 3. The average molecular weight is 337 g/mol. The van der Waals surface area contributed by atoms with E-state index in [1.807, 2.05) is 0 Å². The van der Waals surface area contributed by atoms with Gasteiger partial charge in [0.15, 0.2) is 0 Å². The third-order valence-electron chi connectivity index (χ3n) is 3.65. The van der Waals surface area contributed by atoms with E-state index in [0.717, 1.165) is 10.8 Å². The van der Waals surface area contributed by atoms with E-state index in [0.29, 0.717) is 5.56 Å². The first kappa shape index (κ1) is 16.0. The van der Waals surface area contributed by atoms with Crippen molar-refractivity contribution in [3.8, 4) is 11.1 Å². The second-order valence-electron chi connectivity index (χ2n) is 5.30. The number of hydrogen-bond donors (Lipinski definition) is 1. The van der Waals surface area contributed by atoms with E-state index < -0.39 is 24.5 Å². The fourth-order valence-corrected chi connectivity index (χ4v) is 2.65. The zero-order chi connectivity index (χ0) is 17.5. The zero-order valence-electron chi connectivity index (χ0n) is 12.1.